The second-order valence-corrected chi connectivity index (χ2v) is 7.83. The quantitative estimate of drug-likeness (QED) is 0.906. The highest BCUT2D eigenvalue weighted by Crippen LogP contribution is 2.49. The molecule has 2 unspecified atom stereocenters. The molecule has 0 radical (unpaired) electrons. The number of H-pyrrole nitrogens is 1. The van der Waals surface area contributed by atoms with Crippen LogP contribution in [0.3, 0.4) is 0 Å². The van der Waals surface area contributed by atoms with E-state index in [2.05, 4.69) is 4.98 Å². The summed E-state index contributed by atoms with van der Waals surface area (Å²) in [4.78, 5) is 33.6. The Bertz CT molecular complexity index is 879. The molecule has 0 bridgehead atoms. The third-order valence-electron chi connectivity index (χ3n) is 6.15. The molecule has 6 heteroatoms. The van der Waals surface area contributed by atoms with Crippen molar-refractivity contribution in [3.8, 4) is 0 Å². The van der Waals surface area contributed by atoms with E-state index in [-0.39, 0.29) is 11.2 Å². The van der Waals surface area contributed by atoms with Crippen LogP contribution in [-0.2, 0) is 13.1 Å². The minimum absolute atomic E-state index is 0.217. The molecular weight excluding hydrogens is 316 g/mol. The number of fused-ring (bicyclic) bond motifs is 2. The van der Waals surface area contributed by atoms with Gasteiger partial charge in [0, 0.05) is 19.0 Å². The first kappa shape index (κ1) is 16.6. The lowest BCUT2D eigenvalue weighted by atomic mass is 10.0. The molecule has 2 aromatic heterocycles. The molecule has 0 saturated heterocycles. The van der Waals surface area contributed by atoms with Gasteiger partial charge in [-0.3, -0.25) is 13.9 Å². The van der Waals surface area contributed by atoms with Crippen molar-refractivity contribution in [3.63, 3.8) is 0 Å². The maximum absolute atomic E-state index is 12.8. The molecule has 0 amide bonds. The highest BCUT2D eigenvalue weighted by molar-refractivity contribution is 5.70. The zero-order valence-electron chi connectivity index (χ0n) is 15.3. The Morgan fingerprint density at radius 3 is 2.32 bits per heavy atom. The lowest BCUT2D eigenvalue weighted by molar-refractivity contribution is 0.457. The fourth-order valence-corrected chi connectivity index (χ4v) is 5.01. The second-order valence-electron chi connectivity index (χ2n) is 7.83. The van der Waals surface area contributed by atoms with E-state index in [4.69, 9.17) is 4.98 Å². The fourth-order valence-electron chi connectivity index (χ4n) is 5.01. The van der Waals surface area contributed by atoms with Crippen molar-refractivity contribution >= 4 is 11.2 Å². The van der Waals surface area contributed by atoms with Crippen molar-refractivity contribution in [2.75, 3.05) is 0 Å². The topological polar surface area (TPSA) is 72.7 Å². The molecule has 136 valence electrons. The minimum atomic E-state index is -0.220. The van der Waals surface area contributed by atoms with Gasteiger partial charge in [0.2, 0.25) is 0 Å². The van der Waals surface area contributed by atoms with Gasteiger partial charge in [-0.05, 0) is 37.5 Å². The molecule has 25 heavy (non-hydrogen) atoms. The van der Waals surface area contributed by atoms with Crippen LogP contribution in [0.2, 0.25) is 0 Å². The zero-order valence-corrected chi connectivity index (χ0v) is 15.3. The van der Waals surface area contributed by atoms with Gasteiger partial charge in [-0.15, -0.1) is 0 Å². The summed E-state index contributed by atoms with van der Waals surface area (Å²) in [6, 6.07) is 0. The standard InChI is InChI=1S/C19H28N4O2/c1-3-8-22-17-15(18(24)23(9-4-2)19(22)25)20-16(21-17)14-10-12-6-5-7-13(12)11-14/h12-14H,3-11H2,1-2H3,(H,20,21). The van der Waals surface area contributed by atoms with Gasteiger partial charge in [0.25, 0.3) is 5.56 Å². The van der Waals surface area contributed by atoms with Crippen molar-refractivity contribution in [1.82, 2.24) is 19.1 Å². The van der Waals surface area contributed by atoms with E-state index in [0.717, 1.165) is 30.5 Å². The molecule has 0 aliphatic heterocycles. The molecule has 2 aliphatic carbocycles. The molecule has 6 nitrogen and oxygen atoms in total. The number of aromatic nitrogens is 4. The SMILES string of the molecule is CCCn1c(=O)c2[nH]c(C3CC4CCCC4C3)nc2n(CCC)c1=O. The predicted octanol–water partition coefficient (Wildman–Crippen LogP) is 3.00. The number of rotatable bonds is 5. The van der Waals surface area contributed by atoms with Gasteiger partial charge in [-0.2, -0.15) is 0 Å². The Morgan fingerprint density at radius 1 is 1.04 bits per heavy atom. The molecule has 4 rings (SSSR count). The smallest absolute Gasteiger partial charge is 0.332 e. The summed E-state index contributed by atoms with van der Waals surface area (Å²) < 4.78 is 3.05. The summed E-state index contributed by atoms with van der Waals surface area (Å²) in [7, 11) is 0. The van der Waals surface area contributed by atoms with Crippen LogP contribution < -0.4 is 11.2 Å². The summed E-state index contributed by atoms with van der Waals surface area (Å²) in [5.74, 6) is 2.98. The molecule has 2 fully saturated rings. The monoisotopic (exact) mass is 344 g/mol. The number of hydrogen-bond acceptors (Lipinski definition) is 3. The van der Waals surface area contributed by atoms with Crippen molar-refractivity contribution in [3.05, 3.63) is 26.7 Å². The summed E-state index contributed by atoms with van der Waals surface area (Å²) in [6.07, 6.45) is 7.99. The Hall–Kier alpha value is -1.85. The van der Waals surface area contributed by atoms with E-state index in [1.807, 2.05) is 13.8 Å². The van der Waals surface area contributed by atoms with Crippen LogP contribution in [0.4, 0.5) is 0 Å². The second kappa shape index (κ2) is 6.46. The van der Waals surface area contributed by atoms with Crippen molar-refractivity contribution in [2.24, 2.45) is 11.8 Å². The van der Waals surface area contributed by atoms with Crippen molar-refractivity contribution in [2.45, 2.75) is 77.8 Å². The number of nitrogens with one attached hydrogen (secondary N) is 1. The summed E-state index contributed by atoms with van der Waals surface area (Å²) >= 11 is 0. The normalized spacial score (nSPS) is 25.8. The molecule has 0 aromatic carbocycles. The first-order valence-electron chi connectivity index (χ1n) is 9.87. The summed E-state index contributed by atoms with van der Waals surface area (Å²) in [6.45, 7) is 5.08. The summed E-state index contributed by atoms with van der Waals surface area (Å²) in [5, 5.41) is 0. The predicted molar refractivity (Wildman–Crippen MR) is 98.0 cm³/mol. The van der Waals surface area contributed by atoms with E-state index in [0.29, 0.717) is 30.2 Å². The van der Waals surface area contributed by atoms with Crippen LogP contribution >= 0.6 is 0 Å². The molecule has 2 atom stereocenters. The van der Waals surface area contributed by atoms with Crippen LogP contribution in [0.1, 0.15) is 70.5 Å². The average Bonchev–Trinajstić information content (AvgIpc) is 3.28. The van der Waals surface area contributed by atoms with E-state index >= 15 is 0 Å². The van der Waals surface area contributed by atoms with Gasteiger partial charge < -0.3 is 4.98 Å². The van der Waals surface area contributed by atoms with E-state index in [1.165, 1.54) is 36.7 Å². The molecule has 2 aliphatic rings. The van der Waals surface area contributed by atoms with Gasteiger partial charge in [0.15, 0.2) is 5.65 Å². The first-order valence-corrected chi connectivity index (χ1v) is 9.87. The average molecular weight is 344 g/mol. The zero-order chi connectivity index (χ0) is 17.6. The molecule has 1 N–H and O–H groups in total. The van der Waals surface area contributed by atoms with E-state index < -0.39 is 0 Å². The van der Waals surface area contributed by atoms with Crippen molar-refractivity contribution < 1.29 is 0 Å². The Kier molecular flexibility index (Phi) is 4.29. The highest BCUT2D eigenvalue weighted by atomic mass is 16.2. The lowest BCUT2D eigenvalue weighted by Gasteiger charge is -2.09. The van der Waals surface area contributed by atoms with Crippen LogP contribution in [0, 0.1) is 11.8 Å². The van der Waals surface area contributed by atoms with Gasteiger partial charge in [-0.1, -0.05) is 33.1 Å². The van der Waals surface area contributed by atoms with Crippen LogP contribution in [0.5, 0.6) is 0 Å². The number of aromatic amines is 1. The third-order valence-corrected chi connectivity index (χ3v) is 6.15. The third kappa shape index (κ3) is 2.66. The molecule has 2 saturated carbocycles. The van der Waals surface area contributed by atoms with Gasteiger partial charge in [0.05, 0.1) is 0 Å². The number of nitrogens with zero attached hydrogens (tertiary/aromatic N) is 3. The summed E-state index contributed by atoms with van der Waals surface area (Å²) in [5.41, 5.74) is 0.624. The Morgan fingerprint density at radius 2 is 1.68 bits per heavy atom. The molecular formula is C19H28N4O2. The molecule has 2 heterocycles. The first-order chi connectivity index (χ1) is 12.1. The number of hydrogen-bond donors (Lipinski definition) is 1. The van der Waals surface area contributed by atoms with Crippen LogP contribution in [-0.4, -0.2) is 19.1 Å². The number of aryl methyl sites for hydroxylation is 1. The van der Waals surface area contributed by atoms with E-state index in [9.17, 15) is 9.59 Å². The van der Waals surface area contributed by atoms with Crippen LogP contribution in [0.25, 0.3) is 11.2 Å². The lowest BCUT2D eigenvalue weighted by Crippen LogP contribution is -2.40. The molecule has 0 spiro atoms. The van der Waals surface area contributed by atoms with E-state index in [1.54, 1.807) is 4.57 Å². The Labute approximate surface area is 147 Å². The highest BCUT2D eigenvalue weighted by Gasteiger charge is 2.39. The van der Waals surface area contributed by atoms with Crippen molar-refractivity contribution in [1.29, 1.82) is 0 Å². The van der Waals surface area contributed by atoms with Gasteiger partial charge in [0.1, 0.15) is 11.3 Å². The van der Waals surface area contributed by atoms with Gasteiger partial charge in [-0.25, -0.2) is 9.78 Å². The number of imidazole rings is 1. The Balaban J connectivity index is 1.81. The fraction of sp³-hybridized carbons (Fsp3) is 0.737. The maximum Gasteiger partial charge on any atom is 0.332 e. The molecule has 2 aromatic rings. The van der Waals surface area contributed by atoms with Crippen LogP contribution in [0.15, 0.2) is 9.59 Å². The van der Waals surface area contributed by atoms with Gasteiger partial charge >= 0.3 is 5.69 Å². The largest absolute Gasteiger partial charge is 0.336 e. The minimum Gasteiger partial charge on any atom is -0.336 e. The maximum atomic E-state index is 12.8.